The molecule has 0 spiro atoms. The van der Waals surface area contributed by atoms with Crippen LogP contribution in [0.1, 0.15) is 27.4 Å². The molecule has 0 saturated heterocycles. The number of nitrogens with one attached hydrogen (secondary N) is 1. The maximum absolute atomic E-state index is 12.2. The van der Waals surface area contributed by atoms with Crippen LogP contribution in [0, 0.1) is 13.8 Å². The molecule has 0 aliphatic rings. The molecule has 0 saturated carbocycles. The Morgan fingerprint density at radius 3 is 2.59 bits per heavy atom. The van der Waals surface area contributed by atoms with Gasteiger partial charge in [-0.05, 0) is 44.0 Å². The molecule has 1 aromatic heterocycles. The van der Waals surface area contributed by atoms with Crippen molar-refractivity contribution in [3.05, 3.63) is 53.0 Å². The second-order valence-corrected chi connectivity index (χ2v) is 6.67. The number of rotatable bonds is 6. The summed E-state index contributed by atoms with van der Waals surface area (Å²) in [6.07, 6.45) is 0.399. The summed E-state index contributed by atoms with van der Waals surface area (Å²) in [7, 11) is -3.63. The molecular weight excluding hydrogens is 306 g/mol. The third kappa shape index (κ3) is 3.75. The van der Waals surface area contributed by atoms with Crippen LogP contribution in [0.3, 0.4) is 0 Å². The third-order valence-corrected chi connectivity index (χ3v) is 4.73. The van der Waals surface area contributed by atoms with Crippen LogP contribution in [0.5, 0.6) is 0 Å². The summed E-state index contributed by atoms with van der Waals surface area (Å²) >= 11 is 0. The van der Waals surface area contributed by atoms with Gasteiger partial charge in [0, 0.05) is 6.54 Å². The predicted octanol–water partition coefficient (Wildman–Crippen LogP) is 2.12. The normalized spacial score (nSPS) is 11.5. The molecule has 1 heterocycles. The minimum atomic E-state index is -3.63. The monoisotopic (exact) mass is 323 g/mol. The average molecular weight is 323 g/mol. The Bertz CT molecular complexity index is 792. The Morgan fingerprint density at radius 2 is 2.00 bits per heavy atom. The van der Waals surface area contributed by atoms with E-state index in [1.54, 1.807) is 26.0 Å². The summed E-state index contributed by atoms with van der Waals surface area (Å²) in [5.41, 5.74) is 0.935. The van der Waals surface area contributed by atoms with Crippen LogP contribution in [0.25, 0.3) is 0 Å². The van der Waals surface area contributed by atoms with E-state index in [2.05, 4.69) is 4.72 Å². The van der Waals surface area contributed by atoms with E-state index in [4.69, 9.17) is 9.52 Å². The molecule has 0 atom stereocenters. The van der Waals surface area contributed by atoms with E-state index >= 15 is 0 Å². The van der Waals surface area contributed by atoms with Crippen molar-refractivity contribution < 1.29 is 22.7 Å². The van der Waals surface area contributed by atoms with Crippen LogP contribution >= 0.6 is 0 Å². The van der Waals surface area contributed by atoms with Gasteiger partial charge in [-0.1, -0.05) is 12.1 Å². The Morgan fingerprint density at radius 1 is 1.27 bits per heavy atom. The molecule has 7 heteroatoms. The molecule has 0 radical (unpaired) electrons. The number of hydrogen-bond donors (Lipinski definition) is 2. The topological polar surface area (TPSA) is 96.6 Å². The number of benzene rings is 1. The van der Waals surface area contributed by atoms with Gasteiger partial charge in [-0.3, -0.25) is 0 Å². The maximum atomic E-state index is 12.2. The van der Waals surface area contributed by atoms with Crippen molar-refractivity contribution >= 4 is 16.0 Å². The van der Waals surface area contributed by atoms with E-state index in [0.717, 1.165) is 5.56 Å². The first-order valence-corrected chi connectivity index (χ1v) is 8.17. The zero-order valence-corrected chi connectivity index (χ0v) is 13.1. The highest BCUT2D eigenvalue weighted by Crippen LogP contribution is 2.19. The van der Waals surface area contributed by atoms with Crippen molar-refractivity contribution in [2.24, 2.45) is 0 Å². The quantitative estimate of drug-likeness (QED) is 0.848. The highest BCUT2D eigenvalue weighted by molar-refractivity contribution is 7.89. The van der Waals surface area contributed by atoms with E-state index in [0.29, 0.717) is 17.9 Å². The molecule has 118 valence electrons. The largest absolute Gasteiger partial charge is 0.478 e. The summed E-state index contributed by atoms with van der Waals surface area (Å²) in [6, 6.07) is 7.89. The van der Waals surface area contributed by atoms with Crippen LogP contribution in [0.15, 0.2) is 39.6 Å². The lowest BCUT2D eigenvalue weighted by atomic mass is 10.1. The zero-order chi connectivity index (χ0) is 16.3. The van der Waals surface area contributed by atoms with Gasteiger partial charge >= 0.3 is 5.97 Å². The Balaban J connectivity index is 2.03. The molecule has 0 aliphatic heterocycles. The molecule has 0 aliphatic carbocycles. The molecule has 0 bridgehead atoms. The molecule has 22 heavy (non-hydrogen) atoms. The lowest BCUT2D eigenvalue weighted by Crippen LogP contribution is -2.26. The van der Waals surface area contributed by atoms with Crippen LogP contribution in [-0.4, -0.2) is 26.0 Å². The molecule has 6 nitrogen and oxygen atoms in total. The summed E-state index contributed by atoms with van der Waals surface area (Å²) in [5, 5.41) is 8.92. The zero-order valence-electron chi connectivity index (χ0n) is 12.3. The molecule has 2 N–H and O–H groups in total. The van der Waals surface area contributed by atoms with E-state index in [1.165, 1.54) is 18.2 Å². The minimum Gasteiger partial charge on any atom is -0.478 e. The number of furan rings is 1. The fourth-order valence-electron chi connectivity index (χ4n) is 2.14. The van der Waals surface area contributed by atoms with Crippen molar-refractivity contribution in [3.8, 4) is 0 Å². The van der Waals surface area contributed by atoms with Gasteiger partial charge in [0.15, 0.2) is 0 Å². The number of sulfonamides is 1. The highest BCUT2D eigenvalue weighted by atomic mass is 32.2. The lowest BCUT2D eigenvalue weighted by molar-refractivity contribution is 0.0696. The molecule has 1 aromatic carbocycles. The first kappa shape index (κ1) is 16.3. The number of carboxylic acid groups (broad SMARTS) is 1. The van der Waals surface area contributed by atoms with Gasteiger partial charge in [-0.25, -0.2) is 17.9 Å². The maximum Gasteiger partial charge on any atom is 0.335 e. The summed E-state index contributed by atoms with van der Waals surface area (Å²) in [6.45, 7) is 3.45. The molecule has 2 aromatic rings. The molecule has 2 rings (SSSR count). The molecule has 0 amide bonds. The van der Waals surface area contributed by atoms with Crippen molar-refractivity contribution in [2.45, 2.75) is 25.2 Å². The van der Waals surface area contributed by atoms with Crippen LogP contribution in [0.4, 0.5) is 0 Å². The van der Waals surface area contributed by atoms with Gasteiger partial charge in [0.25, 0.3) is 0 Å². The molecular formula is C15H17NO5S. The van der Waals surface area contributed by atoms with Crippen LogP contribution < -0.4 is 4.72 Å². The van der Waals surface area contributed by atoms with Gasteiger partial charge < -0.3 is 9.52 Å². The summed E-state index contributed by atoms with van der Waals surface area (Å²) < 4.78 is 32.0. The van der Waals surface area contributed by atoms with Crippen LogP contribution in [-0.2, 0) is 16.4 Å². The Kier molecular flexibility index (Phi) is 4.68. The number of carboxylic acids is 1. The third-order valence-electron chi connectivity index (χ3n) is 3.16. The smallest absolute Gasteiger partial charge is 0.335 e. The SMILES string of the molecule is Cc1cc(S(=O)(=O)NCCc2cccc(C(=O)O)c2)c(C)o1. The van der Waals surface area contributed by atoms with Gasteiger partial charge in [0.05, 0.1) is 5.56 Å². The van der Waals surface area contributed by atoms with E-state index in [9.17, 15) is 13.2 Å². The van der Waals surface area contributed by atoms with E-state index in [-0.39, 0.29) is 17.0 Å². The Labute approximate surface area is 128 Å². The van der Waals surface area contributed by atoms with E-state index in [1.807, 2.05) is 0 Å². The Hall–Kier alpha value is -2.12. The molecule has 0 fully saturated rings. The van der Waals surface area contributed by atoms with Crippen molar-refractivity contribution in [3.63, 3.8) is 0 Å². The molecule has 0 unspecified atom stereocenters. The predicted molar refractivity (Wildman–Crippen MR) is 80.5 cm³/mol. The number of carbonyl (C=O) groups is 1. The van der Waals surface area contributed by atoms with Crippen molar-refractivity contribution in [2.75, 3.05) is 6.54 Å². The lowest BCUT2D eigenvalue weighted by Gasteiger charge is -2.06. The van der Waals surface area contributed by atoms with Crippen molar-refractivity contribution in [1.82, 2.24) is 4.72 Å². The minimum absolute atomic E-state index is 0.129. The first-order chi connectivity index (χ1) is 10.3. The number of hydrogen-bond acceptors (Lipinski definition) is 4. The van der Waals surface area contributed by atoms with Gasteiger partial charge in [0.1, 0.15) is 16.4 Å². The van der Waals surface area contributed by atoms with Gasteiger partial charge in [-0.2, -0.15) is 0 Å². The number of aromatic carboxylic acids is 1. The fourth-order valence-corrected chi connectivity index (χ4v) is 3.41. The van der Waals surface area contributed by atoms with Gasteiger partial charge in [-0.15, -0.1) is 0 Å². The second-order valence-electron chi connectivity index (χ2n) is 4.93. The van der Waals surface area contributed by atoms with Crippen molar-refractivity contribution in [1.29, 1.82) is 0 Å². The van der Waals surface area contributed by atoms with E-state index < -0.39 is 16.0 Å². The first-order valence-electron chi connectivity index (χ1n) is 6.68. The second kappa shape index (κ2) is 6.33. The van der Waals surface area contributed by atoms with Crippen LogP contribution in [0.2, 0.25) is 0 Å². The number of aryl methyl sites for hydroxylation is 2. The highest BCUT2D eigenvalue weighted by Gasteiger charge is 2.19. The fraction of sp³-hybridized carbons (Fsp3) is 0.267. The summed E-state index contributed by atoms with van der Waals surface area (Å²) in [5.74, 6) is -0.128. The van der Waals surface area contributed by atoms with Gasteiger partial charge in [0.2, 0.25) is 10.0 Å². The summed E-state index contributed by atoms with van der Waals surface area (Å²) in [4.78, 5) is 11.0. The standard InChI is InChI=1S/C15H17NO5S/c1-10-8-14(11(2)21-10)22(19,20)16-7-6-12-4-3-5-13(9-12)15(17)18/h3-5,8-9,16H,6-7H2,1-2H3,(H,17,18). The average Bonchev–Trinajstić information content (AvgIpc) is 2.79.